The van der Waals surface area contributed by atoms with Gasteiger partial charge in [-0.3, -0.25) is 0 Å². The van der Waals surface area contributed by atoms with Gasteiger partial charge in [-0.2, -0.15) is 4.57 Å². The molecule has 0 unspecified atom stereocenters. The molecular weight excluding hydrogens is 348 g/mol. The minimum atomic E-state index is -0.408. The Morgan fingerprint density at radius 3 is 2.41 bits per heavy atom. The quantitative estimate of drug-likeness (QED) is 0.304. The molecule has 0 bridgehead atoms. The van der Waals surface area contributed by atoms with Crippen molar-refractivity contribution in [3.8, 4) is 10.6 Å². The Balaban J connectivity index is 2.02. The van der Waals surface area contributed by atoms with Crippen molar-refractivity contribution in [2.24, 2.45) is 7.05 Å². The number of pyridine rings is 1. The number of para-hydroxylation sites is 1. The van der Waals surface area contributed by atoms with Crippen LogP contribution in [0.25, 0.3) is 36.4 Å². The SMILES string of the molecule is [C-]#[N+]C(C)(C)Cc1cc(-c2sc3ccccc3c2C)[n+](C)c2ccccc12. The second kappa shape index (κ2) is 6.48. The summed E-state index contributed by atoms with van der Waals surface area (Å²) in [6.07, 6.45) is 0.745. The number of fused-ring (bicyclic) bond motifs is 2. The highest BCUT2D eigenvalue weighted by molar-refractivity contribution is 7.22. The maximum absolute atomic E-state index is 7.55. The number of aromatic nitrogens is 1. The average Bonchev–Trinajstić information content (AvgIpc) is 3.01. The molecule has 0 aliphatic carbocycles. The van der Waals surface area contributed by atoms with Crippen molar-refractivity contribution in [2.45, 2.75) is 32.7 Å². The van der Waals surface area contributed by atoms with Gasteiger partial charge in [0.05, 0.1) is 6.42 Å². The van der Waals surface area contributed by atoms with Crippen molar-refractivity contribution in [3.05, 3.63) is 77.1 Å². The second-order valence-corrected chi connectivity index (χ2v) is 8.84. The van der Waals surface area contributed by atoms with Crippen molar-refractivity contribution in [2.75, 3.05) is 0 Å². The van der Waals surface area contributed by atoms with Crippen molar-refractivity contribution >= 4 is 32.3 Å². The lowest BCUT2D eigenvalue weighted by molar-refractivity contribution is -0.633. The molecule has 2 heterocycles. The molecule has 0 saturated carbocycles. The number of hydrogen-bond donors (Lipinski definition) is 0. The molecule has 0 aliphatic rings. The van der Waals surface area contributed by atoms with Crippen LogP contribution in [-0.4, -0.2) is 5.54 Å². The van der Waals surface area contributed by atoms with Crippen LogP contribution >= 0.6 is 11.3 Å². The van der Waals surface area contributed by atoms with E-state index in [9.17, 15) is 0 Å². The fourth-order valence-corrected chi connectivity index (χ4v) is 5.06. The van der Waals surface area contributed by atoms with Gasteiger partial charge in [0.2, 0.25) is 16.7 Å². The molecule has 0 radical (unpaired) electrons. The standard InChI is InChI=1S/C24H23N2S/c1-16-18-10-7-9-13-22(18)27-23(16)21-14-17(15-24(2,3)25-4)19-11-6-8-12-20(19)26(21)5/h6-14H,15H2,1-3,5H3/q+1. The Bertz CT molecular complexity index is 1210. The zero-order valence-electron chi connectivity index (χ0n) is 16.2. The van der Waals surface area contributed by atoms with E-state index in [0.717, 1.165) is 6.42 Å². The highest BCUT2D eigenvalue weighted by Gasteiger charge is 2.28. The van der Waals surface area contributed by atoms with Gasteiger partial charge < -0.3 is 4.85 Å². The second-order valence-electron chi connectivity index (χ2n) is 7.78. The number of thiophene rings is 1. The van der Waals surface area contributed by atoms with Crippen LogP contribution in [0.4, 0.5) is 0 Å². The van der Waals surface area contributed by atoms with Crippen LogP contribution in [0.1, 0.15) is 25.0 Å². The van der Waals surface area contributed by atoms with Crippen LogP contribution < -0.4 is 4.57 Å². The molecule has 0 N–H and O–H groups in total. The highest BCUT2D eigenvalue weighted by atomic mass is 32.1. The van der Waals surface area contributed by atoms with E-state index in [1.165, 1.54) is 42.7 Å². The summed E-state index contributed by atoms with van der Waals surface area (Å²) in [6.45, 7) is 13.8. The Kier molecular flexibility index (Phi) is 4.25. The van der Waals surface area contributed by atoms with Gasteiger partial charge in [0.15, 0.2) is 0 Å². The minimum Gasteiger partial charge on any atom is -0.311 e. The molecule has 0 spiro atoms. The van der Waals surface area contributed by atoms with Gasteiger partial charge in [0.25, 0.3) is 0 Å². The van der Waals surface area contributed by atoms with E-state index in [0.29, 0.717) is 0 Å². The van der Waals surface area contributed by atoms with E-state index in [1.54, 1.807) is 0 Å². The Labute approximate surface area is 164 Å². The average molecular weight is 372 g/mol. The van der Waals surface area contributed by atoms with Gasteiger partial charge in [-0.15, -0.1) is 11.3 Å². The molecule has 0 amide bonds. The fourth-order valence-electron chi connectivity index (χ4n) is 3.80. The molecular formula is C24H23N2S+. The lowest BCUT2D eigenvalue weighted by Gasteiger charge is -2.14. The van der Waals surface area contributed by atoms with Crippen LogP contribution in [0.5, 0.6) is 0 Å². The first-order valence-corrected chi connectivity index (χ1v) is 10.0. The molecule has 4 rings (SSSR count). The molecule has 2 aromatic heterocycles. The molecule has 2 nitrogen and oxygen atoms in total. The van der Waals surface area contributed by atoms with E-state index < -0.39 is 5.54 Å². The smallest absolute Gasteiger partial charge is 0.231 e. The van der Waals surface area contributed by atoms with Crippen LogP contribution in [0.2, 0.25) is 0 Å². The monoisotopic (exact) mass is 371 g/mol. The number of hydrogen-bond acceptors (Lipinski definition) is 1. The molecule has 3 heteroatoms. The molecule has 134 valence electrons. The molecule has 0 atom stereocenters. The van der Waals surface area contributed by atoms with Crippen LogP contribution in [0.15, 0.2) is 54.6 Å². The van der Waals surface area contributed by atoms with Crippen LogP contribution in [-0.2, 0) is 13.5 Å². The lowest BCUT2D eigenvalue weighted by Crippen LogP contribution is -2.33. The summed E-state index contributed by atoms with van der Waals surface area (Å²) in [5.41, 5.74) is 4.61. The van der Waals surface area contributed by atoms with E-state index in [1.807, 2.05) is 25.2 Å². The van der Waals surface area contributed by atoms with Crippen molar-refractivity contribution in [1.82, 2.24) is 0 Å². The topological polar surface area (TPSA) is 8.24 Å². The first kappa shape index (κ1) is 17.7. The fraction of sp³-hybridized carbons (Fsp3) is 0.250. The first-order valence-electron chi connectivity index (χ1n) is 9.19. The normalized spacial score (nSPS) is 11.8. The van der Waals surface area contributed by atoms with E-state index in [2.05, 4.69) is 78.0 Å². The summed E-state index contributed by atoms with van der Waals surface area (Å²) < 4.78 is 3.61. The lowest BCUT2D eigenvalue weighted by atomic mass is 9.92. The van der Waals surface area contributed by atoms with Gasteiger partial charge in [0, 0.05) is 36.1 Å². The van der Waals surface area contributed by atoms with Gasteiger partial charge in [0.1, 0.15) is 11.9 Å². The van der Waals surface area contributed by atoms with E-state index in [4.69, 9.17) is 6.57 Å². The Morgan fingerprint density at radius 1 is 1.04 bits per heavy atom. The third-order valence-electron chi connectivity index (χ3n) is 5.29. The molecule has 0 fully saturated rings. The van der Waals surface area contributed by atoms with Gasteiger partial charge >= 0.3 is 0 Å². The molecule has 0 aliphatic heterocycles. The van der Waals surface area contributed by atoms with Gasteiger partial charge in [-0.1, -0.05) is 30.3 Å². The van der Waals surface area contributed by atoms with Gasteiger partial charge in [-0.05, 0) is 35.6 Å². The number of rotatable bonds is 3. The van der Waals surface area contributed by atoms with Gasteiger partial charge in [-0.25, -0.2) is 6.57 Å². The Hall–Kier alpha value is -2.70. The first-order chi connectivity index (χ1) is 12.9. The maximum atomic E-state index is 7.55. The Morgan fingerprint density at radius 2 is 1.70 bits per heavy atom. The van der Waals surface area contributed by atoms with E-state index >= 15 is 0 Å². The predicted molar refractivity (Wildman–Crippen MR) is 115 cm³/mol. The third kappa shape index (κ3) is 3.01. The molecule has 27 heavy (non-hydrogen) atoms. The predicted octanol–water partition coefficient (Wildman–Crippen LogP) is 6.09. The molecule has 0 saturated heterocycles. The van der Waals surface area contributed by atoms with Crippen LogP contribution in [0, 0.1) is 13.5 Å². The number of aryl methyl sites for hydroxylation is 2. The van der Waals surface area contributed by atoms with E-state index in [-0.39, 0.29) is 0 Å². The largest absolute Gasteiger partial charge is 0.311 e. The van der Waals surface area contributed by atoms with Crippen molar-refractivity contribution in [3.63, 3.8) is 0 Å². The maximum Gasteiger partial charge on any atom is 0.231 e. The summed E-state index contributed by atoms with van der Waals surface area (Å²) >= 11 is 1.85. The summed E-state index contributed by atoms with van der Waals surface area (Å²) in [7, 11) is 2.14. The minimum absolute atomic E-state index is 0.408. The van der Waals surface area contributed by atoms with Crippen LogP contribution in [0.3, 0.4) is 0 Å². The van der Waals surface area contributed by atoms with Crippen molar-refractivity contribution in [1.29, 1.82) is 0 Å². The summed E-state index contributed by atoms with van der Waals surface area (Å²) in [5, 5.41) is 2.56. The number of benzene rings is 2. The molecule has 2 aromatic carbocycles. The summed E-state index contributed by atoms with van der Waals surface area (Å²) in [4.78, 5) is 5.16. The summed E-state index contributed by atoms with van der Waals surface area (Å²) in [6, 6.07) is 19.4. The highest BCUT2D eigenvalue weighted by Crippen LogP contribution is 2.38. The zero-order chi connectivity index (χ0) is 19.2. The molecule has 4 aromatic rings. The summed E-state index contributed by atoms with van der Waals surface area (Å²) in [5.74, 6) is 0. The third-order valence-corrected chi connectivity index (χ3v) is 6.58. The zero-order valence-corrected chi connectivity index (χ0v) is 17.0. The van der Waals surface area contributed by atoms with Crippen molar-refractivity contribution < 1.29 is 4.57 Å². The number of nitrogens with zero attached hydrogens (tertiary/aromatic N) is 2.